The summed E-state index contributed by atoms with van der Waals surface area (Å²) in [7, 11) is 0. The van der Waals surface area contributed by atoms with Crippen molar-refractivity contribution in [3.63, 3.8) is 0 Å². The second kappa shape index (κ2) is 7.02. The fraction of sp³-hybridized carbons (Fsp3) is 0.556. The number of aryl methyl sites for hydroxylation is 1. The van der Waals surface area contributed by atoms with Gasteiger partial charge in [-0.1, -0.05) is 18.6 Å². The van der Waals surface area contributed by atoms with Crippen LogP contribution in [0.3, 0.4) is 0 Å². The van der Waals surface area contributed by atoms with Gasteiger partial charge in [0.2, 0.25) is 11.9 Å². The first-order chi connectivity index (χ1) is 13.7. The molecular weight excluding hydrogens is 419 g/mol. The van der Waals surface area contributed by atoms with Gasteiger partial charge in [0.15, 0.2) is 0 Å². The molecule has 30 heavy (non-hydrogen) atoms. The quantitative estimate of drug-likeness (QED) is 0.671. The van der Waals surface area contributed by atoms with Gasteiger partial charge in [0.25, 0.3) is 0 Å². The topological polar surface area (TPSA) is 80.0 Å². The number of nitrogens with two attached hydrogens (primary N) is 2. The molecule has 1 aromatic rings. The maximum absolute atomic E-state index is 14.4. The summed E-state index contributed by atoms with van der Waals surface area (Å²) in [6, 6.07) is 1.98. The normalized spacial score (nSPS) is 20.2. The highest BCUT2D eigenvalue weighted by atomic mass is 19.4. The monoisotopic (exact) mass is 439 g/mol. The van der Waals surface area contributed by atoms with Crippen molar-refractivity contribution < 1.29 is 30.7 Å². The highest BCUT2D eigenvalue weighted by molar-refractivity contribution is 6.06. The number of benzene rings is 1. The van der Waals surface area contributed by atoms with Crippen LogP contribution >= 0.6 is 0 Å². The lowest BCUT2D eigenvalue weighted by Gasteiger charge is -2.46. The zero-order valence-corrected chi connectivity index (χ0v) is 15.9. The fourth-order valence-corrected chi connectivity index (χ4v) is 4.08. The Bertz CT molecular complexity index is 868. The largest absolute Gasteiger partial charge is 0.435 e. The highest BCUT2D eigenvalue weighted by Gasteiger charge is 2.73. The van der Waals surface area contributed by atoms with Gasteiger partial charge >= 0.3 is 18.0 Å². The third-order valence-corrected chi connectivity index (χ3v) is 5.47. The minimum absolute atomic E-state index is 0.0400. The summed E-state index contributed by atoms with van der Waals surface area (Å²) >= 11 is 0. The van der Waals surface area contributed by atoms with E-state index in [0.29, 0.717) is 25.0 Å². The smallest absolute Gasteiger partial charge is 0.369 e. The lowest BCUT2D eigenvalue weighted by atomic mass is 9.86. The van der Waals surface area contributed by atoms with Gasteiger partial charge in [-0.15, -0.1) is 0 Å². The summed E-state index contributed by atoms with van der Waals surface area (Å²) in [5, 5.41) is 0. The van der Waals surface area contributed by atoms with E-state index in [1.54, 1.807) is 0 Å². The first-order valence-electron chi connectivity index (χ1n) is 9.16. The van der Waals surface area contributed by atoms with Crippen molar-refractivity contribution in [2.24, 2.45) is 21.5 Å². The van der Waals surface area contributed by atoms with Crippen LogP contribution in [0.5, 0.6) is 0 Å². The Labute approximate surface area is 167 Å². The van der Waals surface area contributed by atoms with Gasteiger partial charge < -0.3 is 11.5 Å². The molecule has 0 saturated heterocycles. The van der Waals surface area contributed by atoms with E-state index in [-0.39, 0.29) is 23.2 Å². The van der Waals surface area contributed by atoms with Crippen molar-refractivity contribution >= 4 is 17.6 Å². The maximum Gasteiger partial charge on any atom is 0.435 e. The van der Waals surface area contributed by atoms with Crippen molar-refractivity contribution in [1.82, 2.24) is 0 Å². The average Bonchev–Trinajstić information content (AvgIpc) is 2.60. The number of halogens is 7. The number of guanidine groups is 2. The number of hydrogen-bond donors (Lipinski definition) is 2. The predicted octanol–water partition coefficient (Wildman–Crippen LogP) is 4.39. The second-order valence-electron chi connectivity index (χ2n) is 7.47. The molecule has 4 N–H and O–H groups in total. The third kappa shape index (κ3) is 3.35. The molecular formula is C18H20F7N5. The van der Waals surface area contributed by atoms with Crippen molar-refractivity contribution in [3.8, 4) is 0 Å². The highest BCUT2D eigenvalue weighted by Crippen LogP contribution is 2.54. The van der Waals surface area contributed by atoms with Crippen LogP contribution in [0.25, 0.3) is 0 Å². The van der Waals surface area contributed by atoms with Gasteiger partial charge in [-0.25, -0.2) is 9.38 Å². The lowest BCUT2D eigenvalue weighted by Crippen LogP contribution is -2.58. The number of alkyl halides is 7. The Morgan fingerprint density at radius 2 is 1.50 bits per heavy atom. The van der Waals surface area contributed by atoms with Crippen LogP contribution in [0, 0.1) is 6.92 Å². The van der Waals surface area contributed by atoms with Crippen molar-refractivity contribution in [3.05, 3.63) is 29.3 Å². The SMILES string of the molecule is Cc1cc(C(F)(C(F)(F)F)C(F)(F)F)ccc1N1C(N)=NC(N)=NC12CCCCC2. The number of rotatable bonds is 2. The Hall–Kier alpha value is -2.53. The number of anilines is 1. The van der Waals surface area contributed by atoms with Crippen LogP contribution in [0.15, 0.2) is 28.2 Å². The number of aliphatic imine (C=N–C) groups is 2. The standard InChI is InChI=1S/C18H20F7N5/c1-10-9-11(16(19,17(20,21)22)18(23,24)25)5-6-12(10)30-14(27)28-13(26)29-15(30)7-3-2-4-8-15/h5-6,9H,2-4,7-8H2,1H3,(H4,26,27,28,29). The molecule has 1 saturated carbocycles. The van der Waals surface area contributed by atoms with E-state index < -0.39 is 29.2 Å². The number of hydrogen-bond acceptors (Lipinski definition) is 5. The zero-order valence-electron chi connectivity index (χ0n) is 15.9. The molecule has 1 fully saturated rings. The molecule has 5 nitrogen and oxygen atoms in total. The molecule has 0 amide bonds. The van der Waals surface area contributed by atoms with Crippen molar-refractivity contribution in [2.45, 2.75) is 62.7 Å². The molecule has 166 valence electrons. The van der Waals surface area contributed by atoms with E-state index in [1.807, 2.05) is 0 Å². The van der Waals surface area contributed by atoms with Crippen LogP contribution in [-0.2, 0) is 5.67 Å². The molecule has 1 heterocycles. The first-order valence-corrected chi connectivity index (χ1v) is 9.16. The van der Waals surface area contributed by atoms with Gasteiger partial charge in [-0.05, 0) is 44.2 Å². The summed E-state index contributed by atoms with van der Waals surface area (Å²) in [6.07, 6.45) is -8.86. The van der Waals surface area contributed by atoms with Crippen molar-refractivity contribution in [1.29, 1.82) is 0 Å². The summed E-state index contributed by atoms with van der Waals surface area (Å²) < 4.78 is 92.9. The molecule has 1 aliphatic carbocycles. The van der Waals surface area contributed by atoms with E-state index in [0.717, 1.165) is 25.3 Å². The maximum atomic E-state index is 14.4. The van der Waals surface area contributed by atoms with Crippen LogP contribution < -0.4 is 16.4 Å². The van der Waals surface area contributed by atoms with Crippen LogP contribution in [0.1, 0.15) is 43.2 Å². The van der Waals surface area contributed by atoms with Gasteiger partial charge in [-0.3, -0.25) is 4.90 Å². The summed E-state index contributed by atoms with van der Waals surface area (Å²) in [5.74, 6) is -0.143. The van der Waals surface area contributed by atoms with Crippen LogP contribution in [-0.4, -0.2) is 29.9 Å². The van der Waals surface area contributed by atoms with Gasteiger partial charge in [0.1, 0.15) is 5.66 Å². The predicted molar refractivity (Wildman–Crippen MR) is 97.6 cm³/mol. The molecule has 2 aliphatic rings. The van der Waals surface area contributed by atoms with Crippen molar-refractivity contribution in [2.75, 3.05) is 4.90 Å². The first kappa shape index (κ1) is 22.2. The van der Waals surface area contributed by atoms with E-state index in [1.165, 1.54) is 11.8 Å². The molecule has 1 spiro atoms. The zero-order chi connectivity index (χ0) is 22.5. The minimum atomic E-state index is -6.19. The average molecular weight is 439 g/mol. The molecule has 0 unspecified atom stereocenters. The molecule has 0 radical (unpaired) electrons. The Balaban J connectivity index is 2.12. The summed E-state index contributed by atoms with van der Waals surface area (Å²) in [4.78, 5) is 9.75. The summed E-state index contributed by atoms with van der Waals surface area (Å²) in [5.41, 5.74) is 3.90. The lowest BCUT2D eigenvalue weighted by molar-refractivity contribution is -0.348. The Morgan fingerprint density at radius 1 is 0.933 bits per heavy atom. The molecule has 0 atom stereocenters. The molecule has 0 aromatic heterocycles. The fourth-order valence-electron chi connectivity index (χ4n) is 4.08. The van der Waals surface area contributed by atoms with Gasteiger partial charge in [0.05, 0.1) is 0 Å². The Kier molecular flexibility index (Phi) is 5.18. The van der Waals surface area contributed by atoms with E-state index >= 15 is 0 Å². The molecule has 1 aliphatic heterocycles. The van der Waals surface area contributed by atoms with E-state index in [2.05, 4.69) is 9.98 Å². The molecule has 1 aromatic carbocycles. The van der Waals surface area contributed by atoms with Gasteiger partial charge in [0, 0.05) is 11.3 Å². The molecule has 3 rings (SSSR count). The Morgan fingerprint density at radius 3 is 2.00 bits per heavy atom. The molecule has 0 bridgehead atoms. The van der Waals surface area contributed by atoms with Crippen LogP contribution in [0.2, 0.25) is 0 Å². The minimum Gasteiger partial charge on any atom is -0.369 e. The van der Waals surface area contributed by atoms with Crippen LogP contribution in [0.4, 0.5) is 36.4 Å². The summed E-state index contributed by atoms with van der Waals surface area (Å²) in [6.45, 7) is 1.28. The van der Waals surface area contributed by atoms with E-state index in [9.17, 15) is 30.7 Å². The third-order valence-electron chi connectivity index (χ3n) is 5.47. The van der Waals surface area contributed by atoms with Gasteiger partial charge in [-0.2, -0.15) is 31.3 Å². The molecule has 12 heteroatoms. The second-order valence-corrected chi connectivity index (χ2v) is 7.47. The van der Waals surface area contributed by atoms with E-state index in [4.69, 9.17) is 11.5 Å². The number of nitrogens with zero attached hydrogens (tertiary/aromatic N) is 3.